The number of aliphatic carboxylic acids is 1. The average molecular weight is 252 g/mol. The molecule has 1 rings (SSSR count). The molecule has 0 atom stereocenters. The lowest BCUT2D eigenvalue weighted by atomic mass is 10.1. The maximum atomic E-state index is 12.6. The number of H-pyrrole nitrogens is 1. The number of halogens is 3. The average Bonchev–Trinajstić information content (AvgIpc) is 2.19. The van der Waals surface area contributed by atoms with Crippen molar-refractivity contribution >= 4 is 17.6 Å². The van der Waals surface area contributed by atoms with Crippen molar-refractivity contribution in [2.45, 2.75) is 18.7 Å². The highest BCUT2D eigenvalue weighted by atomic mass is 35.5. The predicted octanol–water partition coefficient (Wildman–Crippen LogP) is 1.68. The third-order valence-electron chi connectivity index (χ3n) is 1.93. The molecule has 0 amide bonds. The largest absolute Gasteiger partial charge is 0.481 e. The lowest BCUT2D eigenvalue weighted by molar-refractivity contribution is -0.136. The highest BCUT2D eigenvalue weighted by Crippen LogP contribution is 2.22. The van der Waals surface area contributed by atoms with Crippen LogP contribution in [-0.2, 0) is 17.1 Å². The molecule has 0 aliphatic carbocycles. The summed E-state index contributed by atoms with van der Waals surface area (Å²) in [5.74, 6) is -1.46. The van der Waals surface area contributed by atoms with E-state index < -0.39 is 35.5 Å². The molecule has 0 saturated carbocycles. The number of rotatable bonds is 4. The van der Waals surface area contributed by atoms with Crippen LogP contribution in [0.3, 0.4) is 0 Å². The summed E-state index contributed by atoms with van der Waals surface area (Å²) in [5.41, 5.74) is -1.72. The first-order chi connectivity index (χ1) is 7.45. The zero-order valence-corrected chi connectivity index (χ0v) is 8.72. The molecule has 0 aliphatic heterocycles. The standard InChI is InChI=1S/C9H8ClF2NO3/c10-3-4-1-5(8(11)12)6(2-7(14)15)9(16)13-4/h1,8H,2-3H2,(H,13,16)(H,14,15). The van der Waals surface area contributed by atoms with E-state index in [0.29, 0.717) is 0 Å². The molecule has 0 bridgehead atoms. The molecule has 4 nitrogen and oxygen atoms in total. The van der Waals surface area contributed by atoms with Gasteiger partial charge in [0, 0.05) is 16.8 Å². The molecule has 88 valence electrons. The van der Waals surface area contributed by atoms with Crippen LogP contribution < -0.4 is 5.56 Å². The number of hydrogen-bond acceptors (Lipinski definition) is 2. The Morgan fingerprint density at radius 3 is 2.62 bits per heavy atom. The number of hydrogen-bond donors (Lipinski definition) is 2. The summed E-state index contributed by atoms with van der Waals surface area (Å²) in [5, 5.41) is 8.50. The summed E-state index contributed by atoms with van der Waals surface area (Å²) in [6, 6.07) is 1.01. The van der Waals surface area contributed by atoms with Crippen LogP contribution >= 0.6 is 11.6 Å². The van der Waals surface area contributed by atoms with Crippen LogP contribution in [0.2, 0.25) is 0 Å². The van der Waals surface area contributed by atoms with Crippen LogP contribution in [0.4, 0.5) is 8.78 Å². The van der Waals surface area contributed by atoms with Crippen LogP contribution in [0, 0.1) is 0 Å². The first-order valence-electron chi connectivity index (χ1n) is 4.26. The molecule has 7 heteroatoms. The van der Waals surface area contributed by atoms with Crippen molar-refractivity contribution < 1.29 is 18.7 Å². The van der Waals surface area contributed by atoms with E-state index in [1.807, 2.05) is 0 Å². The fourth-order valence-electron chi connectivity index (χ4n) is 1.26. The SMILES string of the molecule is O=C(O)Cc1c(C(F)F)cc(CCl)[nH]c1=O. The van der Waals surface area contributed by atoms with Gasteiger partial charge in [0.1, 0.15) is 0 Å². The van der Waals surface area contributed by atoms with Gasteiger partial charge >= 0.3 is 5.97 Å². The molecule has 16 heavy (non-hydrogen) atoms. The van der Waals surface area contributed by atoms with Gasteiger partial charge in [-0.1, -0.05) is 0 Å². The summed E-state index contributed by atoms with van der Waals surface area (Å²) in [7, 11) is 0. The molecule has 1 aromatic rings. The third-order valence-corrected chi connectivity index (χ3v) is 2.22. The summed E-state index contributed by atoms with van der Waals surface area (Å²) in [6.45, 7) is 0. The maximum absolute atomic E-state index is 12.6. The van der Waals surface area contributed by atoms with Crippen molar-refractivity contribution in [3.8, 4) is 0 Å². The van der Waals surface area contributed by atoms with Crippen LogP contribution in [0.15, 0.2) is 10.9 Å². The lowest BCUT2D eigenvalue weighted by Crippen LogP contribution is -2.20. The fourth-order valence-corrected chi connectivity index (χ4v) is 1.41. The van der Waals surface area contributed by atoms with Gasteiger partial charge < -0.3 is 10.1 Å². The minimum absolute atomic E-state index is 0.123. The number of nitrogens with one attached hydrogen (secondary N) is 1. The highest BCUT2D eigenvalue weighted by molar-refractivity contribution is 6.16. The second-order valence-electron chi connectivity index (χ2n) is 3.06. The maximum Gasteiger partial charge on any atom is 0.308 e. The molecule has 1 heterocycles. The lowest BCUT2D eigenvalue weighted by Gasteiger charge is -2.07. The molecule has 2 N–H and O–H groups in total. The zero-order chi connectivity index (χ0) is 12.3. The molecule has 0 aromatic carbocycles. The van der Waals surface area contributed by atoms with Gasteiger partial charge in [-0.15, -0.1) is 11.6 Å². The normalized spacial score (nSPS) is 10.8. The number of carboxylic acids is 1. The monoisotopic (exact) mass is 251 g/mol. The van der Waals surface area contributed by atoms with E-state index in [0.717, 1.165) is 6.07 Å². The Bertz CT molecular complexity index is 459. The fraction of sp³-hybridized carbons (Fsp3) is 0.333. The smallest absolute Gasteiger partial charge is 0.308 e. The van der Waals surface area contributed by atoms with Crippen molar-refractivity contribution in [3.05, 3.63) is 33.2 Å². The number of aromatic amines is 1. The van der Waals surface area contributed by atoms with E-state index in [-0.39, 0.29) is 11.6 Å². The molecule has 1 aromatic heterocycles. The van der Waals surface area contributed by atoms with Gasteiger partial charge in [0.2, 0.25) is 0 Å². The summed E-state index contributed by atoms with van der Waals surface area (Å²) in [4.78, 5) is 24.0. The topological polar surface area (TPSA) is 70.2 Å². The molecular formula is C9H8ClF2NO3. The van der Waals surface area contributed by atoms with E-state index in [1.165, 1.54) is 0 Å². The van der Waals surface area contributed by atoms with Gasteiger partial charge in [0.05, 0.1) is 12.3 Å². The summed E-state index contributed by atoms with van der Waals surface area (Å²) in [6.07, 6.45) is -3.64. The zero-order valence-electron chi connectivity index (χ0n) is 7.97. The van der Waals surface area contributed by atoms with Gasteiger partial charge in [0.15, 0.2) is 0 Å². The van der Waals surface area contributed by atoms with Crippen molar-refractivity contribution in [3.63, 3.8) is 0 Å². The van der Waals surface area contributed by atoms with Gasteiger partial charge in [-0.2, -0.15) is 0 Å². The molecule has 0 unspecified atom stereocenters. The number of pyridine rings is 1. The Morgan fingerprint density at radius 2 is 2.19 bits per heavy atom. The Labute approximate surface area is 93.9 Å². The molecular weight excluding hydrogens is 244 g/mol. The molecule has 0 fully saturated rings. The number of aromatic nitrogens is 1. The Kier molecular flexibility index (Phi) is 4.00. The van der Waals surface area contributed by atoms with Crippen molar-refractivity contribution in [2.24, 2.45) is 0 Å². The predicted molar refractivity (Wildman–Crippen MR) is 52.9 cm³/mol. The Balaban J connectivity index is 3.34. The van der Waals surface area contributed by atoms with E-state index in [2.05, 4.69) is 4.98 Å². The van der Waals surface area contributed by atoms with Crippen LogP contribution in [0.25, 0.3) is 0 Å². The van der Waals surface area contributed by atoms with E-state index in [4.69, 9.17) is 16.7 Å². The third kappa shape index (κ3) is 2.79. The van der Waals surface area contributed by atoms with Gasteiger partial charge in [-0.3, -0.25) is 9.59 Å². The first-order valence-corrected chi connectivity index (χ1v) is 4.80. The second kappa shape index (κ2) is 5.07. The van der Waals surface area contributed by atoms with E-state index in [1.54, 1.807) is 0 Å². The van der Waals surface area contributed by atoms with Gasteiger partial charge in [-0.05, 0) is 6.07 Å². The Hall–Kier alpha value is -1.43. The number of alkyl halides is 3. The van der Waals surface area contributed by atoms with Crippen LogP contribution in [0.5, 0.6) is 0 Å². The molecule has 0 saturated heterocycles. The number of carbonyl (C=O) groups is 1. The molecule has 0 spiro atoms. The van der Waals surface area contributed by atoms with Crippen molar-refractivity contribution in [2.75, 3.05) is 0 Å². The molecule has 0 radical (unpaired) electrons. The summed E-state index contributed by atoms with van der Waals surface area (Å²) < 4.78 is 25.2. The number of carboxylic acid groups (broad SMARTS) is 1. The Morgan fingerprint density at radius 1 is 1.56 bits per heavy atom. The first kappa shape index (κ1) is 12.6. The van der Waals surface area contributed by atoms with Gasteiger partial charge in [0.25, 0.3) is 12.0 Å². The van der Waals surface area contributed by atoms with Crippen LogP contribution in [0.1, 0.15) is 23.2 Å². The van der Waals surface area contributed by atoms with E-state index in [9.17, 15) is 18.4 Å². The quantitative estimate of drug-likeness (QED) is 0.800. The minimum atomic E-state index is -2.90. The van der Waals surface area contributed by atoms with Crippen molar-refractivity contribution in [1.29, 1.82) is 0 Å². The molecule has 0 aliphatic rings. The second-order valence-corrected chi connectivity index (χ2v) is 3.33. The van der Waals surface area contributed by atoms with Crippen molar-refractivity contribution in [1.82, 2.24) is 4.98 Å². The highest BCUT2D eigenvalue weighted by Gasteiger charge is 2.19. The van der Waals surface area contributed by atoms with Crippen LogP contribution in [-0.4, -0.2) is 16.1 Å². The summed E-state index contributed by atoms with van der Waals surface area (Å²) >= 11 is 5.40. The minimum Gasteiger partial charge on any atom is -0.481 e. The van der Waals surface area contributed by atoms with Gasteiger partial charge in [-0.25, -0.2) is 8.78 Å². The van der Waals surface area contributed by atoms with E-state index >= 15 is 0 Å².